The van der Waals surface area contributed by atoms with Gasteiger partial charge in [-0.25, -0.2) is 0 Å². The fraction of sp³-hybridized carbons (Fsp3) is 0.400. The lowest BCUT2D eigenvalue weighted by Gasteiger charge is -2.35. The number of benzene rings is 1. The van der Waals surface area contributed by atoms with Crippen LogP contribution in [-0.2, 0) is 4.79 Å². The van der Waals surface area contributed by atoms with Crippen LogP contribution in [0.2, 0.25) is 0 Å². The predicted octanol–water partition coefficient (Wildman–Crippen LogP) is 2.46. The van der Waals surface area contributed by atoms with E-state index in [9.17, 15) is 9.90 Å². The number of nitrogens with zero attached hydrogens (tertiary/aromatic N) is 1. The van der Waals surface area contributed by atoms with Crippen LogP contribution in [0.25, 0.3) is 0 Å². The van der Waals surface area contributed by atoms with E-state index in [1.807, 2.05) is 18.2 Å². The van der Waals surface area contributed by atoms with E-state index in [1.165, 1.54) is 5.56 Å². The molecule has 1 aromatic carbocycles. The van der Waals surface area contributed by atoms with Gasteiger partial charge in [0.05, 0.1) is 0 Å². The maximum atomic E-state index is 11.5. The highest BCUT2D eigenvalue weighted by atomic mass is 16.4. The van der Waals surface area contributed by atoms with Crippen LogP contribution in [-0.4, -0.2) is 28.1 Å². The summed E-state index contributed by atoms with van der Waals surface area (Å²) >= 11 is 0. The van der Waals surface area contributed by atoms with Gasteiger partial charge in [0.25, 0.3) is 0 Å². The van der Waals surface area contributed by atoms with Gasteiger partial charge in [-0.15, -0.1) is 0 Å². The number of likely N-dealkylation sites (tertiary alicyclic amines) is 1. The fourth-order valence-electron chi connectivity index (χ4n) is 3.33. The first-order valence-corrected chi connectivity index (χ1v) is 6.42. The lowest BCUT2D eigenvalue weighted by molar-refractivity contribution is -0.144. The van der Waals surface area contributed by atoms with Crippen LogP contribution in [0.15, 0.2) is 42.5 Å². The molecule has 0 saturated carbocycles. The zero-order valence-corrected chi connectivity index (χ0v) is 10.4. The number of carboxylic acids is 1. The second-order valence-electron chi connectivity index (χ2n) is 5.17. The first-order chi connectivity index (χ1) is 8.68. The molecule has 1 fully saturated rings. The van der Waals surface area contributed by atoms with Crippen molar-refractivity contribution in [2.45, 2.75) is 31.5 Å². The maximum absolute atomic E-state index is 11.5. The molecule has 2 bridgehead atoms. The van der Waals surface area contributed by atoms with Crippen molar-refractivity contribution in [3.05, 3.63) is 48.0 Å². The highest BCUT2D eigenvalue weighted by Gasteiger charge is 2.48. The van der Waals surface area contributed by atoms with E-state index in [-0.39, 0.29) is 24.0 Å². The highest BCUT2D eigenvalue weighted by Crippen LogP contribution is 2.42. The lowest BCUT2D eigenvalue weighted by atomic mass is 9.99. The lowest BCUT2D eigenvalue weighted by Crippen LogP contribution is -2.45. The van der Waals surface area contributed by atoms with E-state index in [0.717, 1.165) is 6.42 Å². The standard InChI is InChI=1S/C15H17NO2/c1-10(11-5-3-2-4-6-11)16-13-8-7-12(9-13)14(16)15(17)18/h2-8,10,12-14H,9H2,1H3,(H,17,18). The number of aliphatic carboxylic acids is 1. The Kier molecular flexibility index (Phi) is 2.71. The first kappa shape index (κ1) is 11.5. The van der Waals surface area contributed by atoms with E-state index in [1.54, 1.807) is 0 Å². The molecule has 0 aromatic heterocycles. The second-order valence-corrected chi connectivity index (χ2v) is 5.17. The molecule has 1 aliphatic carbocycles. The molecule has 3 rings (SSSR count). The number of hydrogen-bond acceptors (Lipinski definition) is 2. The van der Waals surface area contributed by atoms with Gasteiger partial charge in [-0.3, -0.25) is 9.69 Å². The molecule has 4 atom stereocenters. The number of rotatable bonds is 3. The summed E-state index contributed by atoms with van der Waals surface area (Å²) in [4.78, 5) is 13.6. The average molecular weight is 243 g/mol. The summed E-state index contributed by atoms with van der Waals surface area (Å²) in [6.07, 6.45) is 5.18. The number of carboxylic acid groups (broad SMARTS) is 1. The van der Waals surface area contributed by atoms with Crippen LogP contribution in [0, 0.1) is 5.92 Å². The molecule has 1 N–H and O–H groups in total. The monoisotopic (exact) mass is 243 g/mol. The summed E-state index contributed by atoms with van der Waals surface area (Å²) < 4.78 is 0. The maximum Gasteiger partial charge on any atom is 0.321 e. The Balaban J connectivity index is 1.91. The van der Waals surface area contributed by atoms with Gasteiger partial charge >= 0.3 is 5.97 Å². The van der Waals surface area contributed by atoms with Crippen molar-refractivity contribution >= 4 is 5.97 Å². The number of carbonyl (C=O) groups is 1. The van der Waals surface area contributed by atoms with Crippen molar-refractivity contribution in [2.75, 3.05) is 0 Å². The minimum absolute atomic E-state index is 0.146. The third-order valence-corrected chi connectivity index (χ3v) is 4.19. The predicted molar refractivity (Wildman–Crippen MR) is 69.2 cm³/mol. The topological polar surface area (TPSA) is 40.5 Å². The first-order valence-electron chi connectivity index (χ1n) is 6.42. The summed E-state index contributed by atoms with van der Waals surface area (Å²) in [5.41, 5.74) is 1.18. The SMILES string of the molecule is CC(c1ccccc1)N1C2C=CC(C2)C1C(=O)O. The average Bonchev–Trinajstić information content (AvgIpc) is 2.99. The molecule has 0 amide bonds. The molecule has 94 valence electrons. The summed E-state index contributed by atoms with van der Waals surface area (Å²) in [7, 11) is 0. The smallest absolute Gasteiger partial charge is 0.321 e. The molecule has 1 heterocycles. The van der Waals surface area contributed by atoms with E-state index < -0.39 is 5.97 Å². The minimum atomic E-state index is -0.699. The molecule has 1 saturated heterocycles. The summed E-state index contributed by atoms with van der Waals surface area (Å²) in [6.45, 7) is 2.10. The molecule has 2 aliphatic rings. The van der Waals surface area contributed by atoms with E-state index >= 15 is 0 Å². The van der Waals surface area contributed by atoms with Gasteiger partial charge in [-0.2, -0.15) is 0 Å². The van der Waals surface area contributed by atoms with E-state index in [0.29, 0.717) is 0 Å². The summed E-state index contributed by atoms with van der Waals surface area (Å²) in [5, 5.41) is 9.43. The van der Waals surface area contributed by atoms with Crippen molar-refractivity contribution in [1.82, 2.24) is 4.90 Å². The summed E-state index contributed by atoms with van der Waals surface area (Å²) in [6, 6.07) is 10.2. The van der Waals surface area contributed by atoms with Gasteiger partial charge in [0.2, 0.25) is 0 Å². The third-order valence-electron chi connectivity index (χ3n) is 4.19. The Morgan fingerprint density at radius 1 is 1.33 bits per heavy atom. The number of fused-ring (bicyclic) bond motifs is 2. The minimum Gasteiger partial charge on any atom is -0.480 e. The third kappa shape index (κ3) is 1.66. The van der Waals surface area contributed by atoms with E-state index in [2.05, 4.69) is 36.1 Å². The van der Waals surface area contributed by atoms with Crippen molar-refractivity contribution < 1.29 is 9.90 Å². The van der Waals surface area contributed by atoms with Gasteiger partial charge in [0.1, 0.15) is 6.04 Å². The van der Waals surface area contributed by atoms with Crippen LogP contribution >= 0.6 is 0 Å². The zero-order chi connectivity index (χ0) is 12.7. The van der Waals surface area contributed by atoms with Crippen molar-refractivity contribution in [1.29, 1.82) is 0 Å². The molecule has 3 nitrogen and oxygen atoms in total. The Bertz CT molecular complexity index is 483. The molecule has 1 aromatic rings. The summed E-state index contributed by atoms with van der Waals surface area (Å²) in [5.74, 6) is -0.520. The van der Waals surface area contributed by atoms with Gasteiger partial charge < -0.3 is 5.11 Å². The molecule has 0 radical (unpaired) electrons. The van der Waals surface area contributed by atoms with Crippen LogP contribution in [0.3, 0.4) is 0 Å². The molecule has 3 heteroatoms. The fourth-order valence-corrected chi connectivity index (χ4v) is 3.33. The molecular weight excluding hydrogens is 226 g/mol. The van der Waals surface area contributed by atoms with Gasteiger partial charge in [0.15, 0.2) is 0 Å². The van der Waals surface area contributed by atoms with Crippen molar-refractivity contribution in [2.24, 2.45) is 5.92 Å². The van der Waals surface area contributed by atoms with Crippen LogP contribution in [0.4, 0.5) is 0 Å². The molecule has 18 heavy (non-hydrogen) atoms. The van der Waals surface area contributed by atoms with E-state index in [4.69, 9.17) is 0 Å². The largest absolute Gasteiger partial charge is 0.480 e. The van der Waals surface area contributed by atoms with Crippen molar-refractivity contribution in [3.8, 4) is 0 Å². The zero-order valence-electron chi connectivity index (χ0n) is 10.4. The number of hydrogen-bond donors (Lipinski definition) is 1. The molecule has 1 aliphatic heterocycles. The quantitative estimate of drug-likeness (QED) is 0.829. The molecular formula is C15H17NO2. The van der Waals surface area contributed by atoms with Crippen LogP contribution in [0.1, 0.15) is 24.9 Å². The van der Waals surface area contributed by atoms with Crippen molar-refractivity contribution in [3.63, 3.8) is 0 Å². The Hall–Kier alpha value is -1.61. The Labute approximate surface area is 107 Å². The van der Waals surface area contributed by atoms with Gasteiger partial charge in [-0.05, 0) is 18.9 Å². The highest BCUT2D eigenvalue weighted by molar-refractivity contribution is 5.75. The Morgan fingerprint density at radius 3 is 2.72 bits per heavy atom. The van der Waals surface area contributed by atoms with Crippen LogP contribution < -0.4 is 0 Å². The van der Waals surface area contributed by atoms with Gasteiger partial charge in [-0.1, -0.05) is 42.5 Å². The molecule has 0 spiro atoms. The second kappa shape index (κ2) is 4.25. The normalized spacial score (nSPS) is 31.7. The molecule has 4 unspecified atom stereocenters. The van der Waals surface area contributed by atoms with Crippen LogP contribution in [0.5, 0.6) is 0 Å². The van der Waals surface area contributed by atoms with Gasteiger partial charge in [0, 0.05) is 18.0 Å². The Morgan fingerprint density at radius 2 is 2.06 bits per heavy atom.